The van der Waals surface area contributed by atoms with Crippen LogP contribution < -0.4 is 15.3 Å². The normalized spacial score (nSPS) is 14.8. The first-order valence-electron chi connectivity index (χ1n) is 8.36. The maximum atomic E-state index is 12.8. The molecule has 2 aromatic carbocycles. The number of carbonyl (C=O) groups is 2. The number of morpholine rings is 1. The fourth-order valence-corrected chi connectivity index (χ4v) is 2.86. The number of hydrogen-bond donors (Lipinski definition) is 1. The van der Waals surface area contributed by atoms with Crippen molar-refractivity contribution in [3.63, 3.8) is 0 Å². The highest BCUT2D eigenvalue weighted by molar-refractivity contribution is 6.28. The topological polar surface area (TPSA) is 81.7 Å². The molecule has 6 nitrogen and oxygen atoms in total. The minimum absolute atomic E-state index is 0.0439. The Bertz CT molecular complexity index is 812. The molecule has 134 valence electrons. The first kappa shape index (κ1) is 17.7. The second-order valence-electron chi connectivity index (χ2n) is 5.81. The molecule has 2 aromatic rings. The molecule has 1 heterocycles. The molecule has 1 amide bonds. The Morgan fingerprint density at radius 2 is 1.65 bits per heavy atom. The summed E-state index contributed by atoms with van der Waals surface area (Å²) in [6, 6.07) is 16.1. The summed E-state index contributed by atoms with van der Waals surface area (Å²) in [6.07, 6.45) is 0.821. The summed E-state index contributed by atoms with van der Waals surface area (Å²) in [7, 11) is 0. The number of carboxylic acid groups (broad SMARTS) is 1. The zero-order valence-corrected chi connectivity index (χ0v) is 14.2. The van der Waals surface area contributed by atoms with Gasteiger partial charge < -0.3 is 24.9 Å². The standard InChI is InChI=1S/C20H20N2O4/c23-19(24)14-16(15-6-2-1-3-7-15)20(25)21-17-8-4-5-9-18(17)22-10-12-26-13-11-22/h1-9,14H,10-13H2,(H,21,25)(H,23,24)/p-1/b16-14-. The lowest BCUT2D eigenvalue weighted by Crippen LogP contribution is -2.36. The van der Waals surface area contributed by atoms with Crippen molar-refractivity contribution in [3.05, 3.63) is 66.2 Å². The third-order valence-electron chi connectivity index (χ3n) is 4.10. The van der Waals surface area contributed by atoms with Gasteiger partial charge in [-0.25, -0.2) is 0 Å². The molecular weight excluding hydrogens is 332 g/mol. The van der Waals surface area contributed by atoms with Crippen molar-refractivity contribution in [2.45, 2.75) is 0 Å². The summed E-state index contributed by atoms with van der Waals surface area (Å²) < 4.78 is 5.37. The zero-order chi connectivity index (χ0) is 18.4. The average Bonchev–Trinajstić information content (AvgIpc) is 2.68. The van der Waals surface area contributed by atoms with E-state index >= 15 is 0 Å². The number of carboxylic acids is 1. The Morgan fingerprint density at radius 1 is 1.00 bits per heavy atom. The summed E-state index contributed by atoms with van der Waals surface area (Å²) in [5, 5.41) is 13.9. The van der Waals surface area contributed by atoms with Crippen molar-refractivity contribution in [3.8, 4) is 0 Å². The number of carbonyl (C=O) groups excluding carboxylic acids is 2. The minimum atomic E-state index is -1.42. The highest BCUT2D eigenvalue weighted by Crippen LogP contribution is 2.27. The van der Waals surface area contributed by atoms with Gasteiger partial charge in [0.05, 0.1) is 30.6 Å². The quantitative estimate of drug-likeness (QED) is 0.821. The van der Waals surface area contributed by atoms with Crippen LogP contribution in [0.3, 0.4) is 0 Å². The molecule has 0 aliphatic carbocycles. The number of ether oxygens (including phenoxy) is 1. The van der Waals surface area contributed by atoms with E-state index in [0.717, 1.165) is 24.9 Å². The number of amides is 1. The molecule has 6 heteroatoms. The largest absolute Gasteiger partial charge is 0.545 e. The molecule has 1 aliphatic heterocycles. The lowest BCUT2D eigenvalue weighted by Gasteiger charge is -2.30. The molecule has 0 unspecified atom stereocenters. The molecule has 0 saturated carbocycles. The predicted octanol–water partition coefficient (Wildman–Crippen LogP) is 1.30. The van der Waals surface area contributed by atoms with E-state index in [1.54, 1.807) is 36.4 Å². The highest BCUT2D eigenvalue weighted by atomic mass is 16.5. The third-order valence-corrected chi connectivity index (χ3v) is 4.10. The van der Waals surface area contributed by atoms with E-state index in [0.29, 0.717) is 24.5 Å². The van der Waals surface area contributed by atoms with E-state index in [1.165, 1.54) is 0 Å². The van der Waals surface area contributed by atoms with Gasteiger partial charge in [0, 0.05) is 18.7 Å². The van der Waals surface area contributed by atoms with Crippen LogP contribution in [-0.4, -0.2) is 38.2 Å². The summed E-state index contributed by atoms with van der Waals surface area (Å²) >= 11 is 0. The van der Waals surface area contributed by atoms with Crippen LogP contribution in [-0.2, 0) is 14.3 Å². The van der Waals surface area contributed by atoms with Crippen LogP contribution in [0.4, 0.5) is 11.4 Å². The summed E-state index contributed by atoms with van der Waals surface area (Å²) in [5.74, 6) is -1.92. The van der Waals surface area contributed by atoms with Gasteiger partial charge in [0.25, 0.3) is 5.91 Å². The van der Waals surface area contributed by atoms with E-state index in [2.05, 4.69) is 10.2 Å². The predicted molar refractivity (Wildman–Crippen MR) is 97.5 cm³/mol. The first-order valence-corrected chi connectivity index (χ1v) is 8.36. The second kappa shape index (κ2) is 8.31. The SMILES string of the molecule is O=C([O-])/C=C(\C(=O)Nc1ccccc1N1CCOCC1)c1ccccc1. The highest BCUT2D eigenvalue weighted by Gasteiger charge is 2.18. The molecule has 26 heavy (non-hydrogen) atoms. The van der Waals surface area contributed by atoms with Gasteiger partial charge in [0.2, 0.25) is 0 Å². The number of hydrogen-bond acceptors (Lipinski definition) is 5. The summed E-state index contributed by atoms with van der Waals surface area (Å²) in [5.41, 5.74) is 2.06. The fraction of sp³-hybridized carbons (Fsp3) is 0.200. The number of aliphatic carboxylic acids is 1. The van der Waals surface area contributed by atoms with Crippen LogP contribution in [0.25, 0.3) is 5.57 Å². The van der Waals surface area contributed by atoms with Crippen molar-refractivity contribution in [2.75, 3.05) is 36.5 Å². The van der Waals surface area contributed by atoms with Crippen molar-refractivity contribution in [1.29, 1.82) is 0 Å². The van der Waals surface area contributed by atoms with Gasteiger partial charge >= 0.3 is 0 Å². The summed E-state index contributed by atoms with van der Waals surface area (Å²) in [4.78, 5) is 26.0. The van der Waals surface area contributed by atoms with E-state index in [1.807, 2.05) is 18.2 Å². The number of nitrogens with zero attached hydrogens (tertiary/aromatic N) is 1. The van der Waals surface area contributed by atoms with E-state index in [9.17, 15) is 14.7 Å². The molecule has 3 rings (SSSR count). The maximum Gasteiger partial charge on any atom is 0.256 e. The fourth-order valence-electron chi connectivity index (χ4n) is 2.86. The number of benzene rings is 2. The zero-order valence-electron chi connectivity index (χ0n) is 14.2. The van der Waals surface area contributed by atoms with Crippen LogP contribution in [0, 0.1) is 0 Å². The smallest absolute Gasteiger partial charge is 0.256 e. The molecule has 1 N–H and O–H groups in total. The van der Waals surface area contributed by atoms with Crippen molar-refractivity contribution >= 4 is 28.8 Å². The molecule has 1 fully saturated rings. The molecule has 1 saturated heterocycles. The number of para-hydroxylation sites is 2. The lowest BCUT2D eigenvalue weighted by molar-refractivity contribution is -0.297. The molecule has 1 aliphatic rings. The van der Waals surface area contributed by atoms with Crippen molar-refractivity contribution in [2.24, 2.45) is 0 Å². The van der Waals surface area contributed by atoms with Crippen LogP contribution in [0.5, 0.6) is 0 Å². The maximum absolute atomic E-state index is 12.8. The van der Waals surface area contributed by atoms with Crippen LogP contribution >= 0.6 is 0 Å². The molecule has 0 spiro atoms. The van der Waals surface area contributed by atoms with Gasteiger partial charge in [-0.05, 0) is 23.8 Å². The van der Waals surface area contributed by atoms with E-state index in [4.69, 9.17) is 4.74 Å². The number of rotatable bonds is 5. The number of anilines is 2. The van der Waals surface area contributed by atoms with Gasteiger partial charge in [-0.3, -0.25) is 4.79 Å². The van der Waals surface area contributed by atoms with E-state index in [-0.39, 0.29) is 5.57 Å². The third kappa shape index (κ3) is 4.29. The Labute approximate surface area is 151 Å². The second-order valence-corrected chi connectivity index (χ2v) is 5.81. The number of nitrogens with one attached hydrogen (secondary N) is 1. The van der Waals surface area contributed by atoms with Gasteiger partial charge in [0.1, 0.15) is 0 Å². The van der Waals surface area contributed by atoms with Gasteiger partial charge in [-0.2, -0.15) is 0 Å². The van der Waals surface area contributed by atoms with Crippen molar-refractivity contribution < 1.29 is 19.4 Å². The molecule has 0 bridgehead atoms. The van der Waals surface area contributed by atoms with Crippen LogP contribution in [0.2, 0.25) is 0 Å². The van der Waals surface area contributed by atoms with Crippen LogP contribution in [0.1, 0.15) is 5.56 Å². The first-order chi connectivity index (χ1) is 12.6. The van der Waals surface area contributed by atoms with Crippen LogP contribution in [0.15, 0.2) is 60.7 Å². The van der Waals surface area contributed by atoms with Crippen molar-refractivity contribution in [1.82, 2.24) is 0 Å². The molecular formula is C20H19N2O4-. The Morgan fingerprint density at radius 3 is 2.35 bits per heavy atom. The Hall–Kier alpha value is -3.12. The average molecular weight is 351 g/mol. The van der Waals surface area contributed by atoms with Gasteiger partial charge in [-0.15, -0.1) is 0 Å². The minimum Gasteiger partial charge on any atom is -0.545 e. The van der Waals surface area contributed by atoms with Gasteiger partial charge in [0.15, 0.2) is 0 Å². The molecule has 0 aromatic heterocycles. The van der Waals surface area contributed by atoms with E-state index < -0.39 is 11.9 Å². The van der Waals surface area contributed by atoms with Gasteiger partial charge in [-0.1, -0.05) is 42.5 Å². The Kier molecular flexibility index (Phi) is 5.66. The monoisotopic (exact) mass is 351 g/mol. The Balaban J connectivity index is 1.87. The molecule has 0 radical (unpaired) electrons. The molecule has 0 atom stereocenters. The summed E-state index contributed by atoms with van der Waals surface area (Å²) in [6.45, 7) is 2.71. The lowest BCUT2D eigenvalue weighted by atomic mass is 10.0.